The number of ether oxygens (including phenoxy) is 2. The smallest absolute Gasteiger partial charge is 0.338 e. The minimum atomic E-state index is -1.22. The van der Waals surface area contributed by atoms with Crippen molar-refractivity contribution in [3.8, 4) is 11.5 Å². The Balaban J connectivity index is 2.32. The molecule has 2 N–H and O–H groups in total. The van der Waals surface area contributed by atoms with E-state index >= 15 is 0 Å². The molecule has 1 heterocycles. The number of carboxylic acids is 1. The number of carbonyl (C=O) groups is 2. The number of aromatic nitrogens is 1. The Bertz CT molecular complexity index is 715. The van der Waals surface area contributed by atoms with Crippen molar-refractivity contribution in [2.24, 2.45) is 0 Å². The van der Waals surface area contributed by atoms with Crippen molar-refractivity contribution in [1.82, 2.24) is 4.98 Å². The van der Waals surface area contributed by atoms with Crippen molar-refractivity contribution < 1.29 is 24.2 Å². The van der Waals surface area contributed by atoms with Gasteiger partial charge in [-0.3, -0.25) is 9.78 Å². The first-order valence-electron chi connectivity index (χ1n) is 6.28. The molecule has 0 aliphatic rings. The first kappa shape index (κ1) is 15.3. The van der Waals surface area contributed by atoms with E-state index in [1.165, 1.54) is 32.5 Å². The number of nitrogens with one attached hydrogen (secondary N) is 1. The number of aromatic carboxylic acids is 1. The zero-order valence-electron chi connectivity index (χ0n) is 12.0. The molecule has 0 aliphatic heterocycles. The second kappa shape index (κ2) is 6.57. The number of methoxy groups -OCH3 is 2. The second-order valence-corrected chi connectivity index (χ2v) is 4.23. The normalized spacial score (nSPS) is 9.91. The summed E-state index contributed by atoms with van der Waals surface area (Å²) < 4.78 is 10.2. The van der Waals surface area contributed by atoms with Crippen LogP contribution in [0.2, 0.25) is 0 Å². The predicted octanol–water partition coefficient (Wildman–Crippen LogP) is 2.05. The summed E-state index contributed by atoms with van der Waals surface area (Å²) in [7, 11) is 2.97. The number of benzene rings is 1. The average Bonchev–Trinajstić information content (AvgIpc) is 2.55. The van der Waals surface area contributed by atoms with Crippen LogP contribution in [-0.4, -0.2) is 36.2 Å². The van der Waals surface area contributed by atoms with Gasteiger partial charge in [0.2, 0.25) is 0 Å². The molecule has 2 rings (SSSR count). The number of hydrogen-bond donors (Lipinski definition) is 2. The van der Waals surface area contributed by atoms with E-state index in [9.17, 15) is 9.59 Å². The summed E-state index contributed by atoms with van der Waals surface area (Å²) in [5.74, 6) is -0.902. The predicted molar refractivity (Wildman–Crippen MR) is 78.7 cm³/mol. The zero-order chi connectivity index (χ0) is 16.1. The van der Waals surface area contributed by atoms with Crippen LogP contribution in [0.25, 0.3) is 0 Å². The Labute approximate surface area is 126 Å². The van der Waals surface area contributed by atoms with E-state index in [0.29, 0.717) is 17.2 Å². The minimum Gasteiger partial charge on any atom is -0.497 e. The zero-order valence-corrected chi connectivity index (χ0v) is 12.0. The van der Waals surface area contributed by atoms with Crippen molar-refractivity contribution in [2.45, 2.75) is 0 Å². The fourth-order valence-corrected chi connectivity index (χ4v) is 1.84. The molecule has 0 radical (unpaired) electrons. The van der Waals surface area contributed by atoms with Crippen LogP contribution in [0.3, 0.4) is 0 Å². The molecule has 0 atom stereocenters. The molecule has 0 saturated carbocycles. The van der Waals surface area contributed by atoms with Crippen LogP contribution >= 0.6 is 0 Å². The lowest BCUT2D eigenvalue weighted by Crippen LogP contribution is -2.18. The van der Waals surface area contributed by atoms with E-state index in [-0.39, 0.29) is 11.3 Å². The van der Waals surface area contributed by atoms with Gasteiger partial charge in [0.25, 0.3) is 5.91 Å². The number of rotatable bonds is 5. The molecular weight excluding hydrogens is 288 g/mol. The molecule has 1 aromatic carbocycles. The van der Waals surface area contributed by atoms with Gasteiger partial charge in [0.15, 0.2) is 0 Å². The number of carbonyl (C=O) groups excluding carboxylic acids is 1. The third kappa shape index (κ3) is 3.14. The SMILES string of the molecule is COc1ccc(NC(=O)c2ncccc2C(=O)O)c(OC)c1. The van der Waals surface area contributed by atoms with Gasteiger partial charge in [-0.1, -0.05) is 0 Å². The molecule has 0 spiro atoms. The molecule has 0 aliphatic carbocycles. The van der Waals surface area contributed by atoms with Gasteiger partial charge in [0, 0.05) is 12.3 Å². The van der Waals surface area contributed by atoms with Gasteiger partial charge in [-0.05, 0) is 24.3 Å². The first-order chi connectivity index (χ1) is 10.6. The molecule has 0 fully saturated rings. The summed E-state index contributed by atoms with van der Waals surface area (Å²) in [4.78, 5) is 27.2. The topological polar surface area (TPSA) is 97.8 Å². The minimum absolute atomic E-state index is 0.173. The van der Waals surface area contributed by atoms with Crippen LogP contribution < -0.4 is 14.8 Å². The highest BCUT2D eigenvalue weighted by Gasteiger charge is 2.19. The van der Waals surface area contributed by atoms with Crippen LogP contribution in [0.4, 0.5) is 5.69 Å². The molecule has 0 saturated heterocycles. The fourth-order valence-electron chi connectivity index (χ4n) is 1.84. The van der Waals surface area contributed by atoms with E-state index in [2.05, 4.69) is 10.3 Å². The lowest BCUT2D eigenvalue weighted by Gasteiger charge is -2.12. The fraction of sp³-hybridized carbons (Fsp3) is 0.133. The number of nitrogens with zero attached hydrogens (tertiary/aromatic N) is 1. The van der Waals surface area contributed by atoms with Crippen LogP contribution in [0.5, 0.6) is 11.5 Å². The summed E-state index contributed by atoms with van der Waals surface area (Å²) >= 11 is 0. The van der Waals surface area contributed by atoms with E-state index < -0.39 is 11.9 Å². The molecule has 1 amide bonds. The van der Waals surface area contributed by atoms with Crippen LogP contribution in [0.15, 0.2) is 36.5 Å². The summed E-state index contributed by atoms with van der Waals surface area (Å²) in [6.45, 7) is 0. The highest BCUT2D eigenvalue weighted by Crippen LogP contribution is 2.29. The Kier molecular flexibility index (Phi) is 4.57. The number of carboxylic acid groups (broad SMARTS) is 1. The number of pyridine rings is 1. The van der Waals surface area contributed by atoms with Crippen molar-refractivity contribution in [3.05, 3.63) is 47.8 Å². The average molecular weight is 302 g/mol. The Morgan fingerprint density at radius 2 is 1.95 bits per heavy atom. The summed E-state index contributed by atoms with van der Waals surface area (Å²) in [6.07, 6.45) is 1.35. The molecular formula is C15H14N2O5. The van der Waals surface area contributed by atoms with Gasteiger partial charge in [0.05, 0.1) is 25.5 Å². The van der Waals surface area contributed by atoms with Gasteiger partial charge in [-0.25, -0.2) is 4.79 Å². The molecule has 22 heavy (non-hydrogen) atoms. The number of hydrogen-bond acceptors (Lipinski definition) is 5. The lowest BCUT2D eigenvalue weighted by atomic mass is 10.2. The largest absolute Gasteiger partial charge is 0.497 e. The molecule has 0 unspecified atom stereocenters. The second-order valence-electron chi connectivity index (χ2n) is 4.23. The van der Waals surface area contributed by atoms with Crippen LogP contribution in [0.1, 0.15) is 20.8 Å². The number of anilines is 1. The molecule has 114 valence electrons. The van der Waals surface area contributed by atoms with Gasteiger partial charge < -0.3 is 19.9 Å². The highest BCUT2D eigenvalue weighted by atomic mass is 16.5. The molecule has 7 heteroatoms. The quantitative estimate of drug-likeness (QED) is 0.877. The highest BCUT2D eigenvalue weighted by molar-refractivity contribution is 6.09. The lowest BCUT2D eigenvalue weighted by molar-refractivity contribution is 0.0691. The maximum Gasteiger partial charge on any atom is 0.338 e. The number of amides is 1. The maximum atomic E-state index is 12.2. The van der Waals surface area contributed by atoms with E-state index in [1.54, 1.807) is 18.2 Å². The van der Waals surface area contributed by atoms with Crippen LogP contribution in [0, 0.1) is 0 Å². The summed E-state index contributed by atoms with van der Waals surface area (Å²) in [5, 5.41) is 11.7. The third-order valence-electron chi connectivity index (χ3n) is 2.91. The Hall–Kier alpha value is -3.09. The Morgan fingerprint density at radius 3 is 2.59 bits per heavy atom. The van der Waals surface area contributed by atoms with Crippen molar-refractivity contribution in [3.63, 3.8) is 0 Å². The standard InChI is InChI=1S/C15H14N2O5/c1-21-9-5-6-11(12(8-9)22-2)17-14(18)13-10(15(19)20)4-3-7-16-13/h3-8H,1-2H3,(H,17,18)(H,19,20). The van der Waals surface area contributed by atoms with Crippen molar-refractivity contribution >= 4 is 17.6 Å². The maximum absolute atomic E-state index is 12.2. The molecule has 0 bridgehead atoms. The van der Waals surface area contributed by atoms with E-state index in [4.69, 9.17) is 14.6 Å². The molecule has 2 aromatic rings. The van der Waals surface area contributed by atoms with Crippen molar-refractivity contribution in [1.29, 1.82) is 0 Å². The van der Waals surface area contributed by atoms with E-state index in [1.807, 2.05) is 0 Å². The molecule has 1 aromatic heterocycles. The molecule has 7 nitrogen and oxygen atoms in total. The van der Waals surface area contributed by atoms with Crippen molar-refractivity contribution in [2.75, 3.05) is 19.5 Å². The Morgan fingerprint density at radius 1 is 1.18 bits per heavy atom. The monoisotopic (exact) mass is 302 g/mol. The van der Waals surface area contributed by atoms with Gasteiger partial charge >= 0.3 is 5.97 Å². The van der Waals surface area contributed by atoms with Gasteiger partial charge in [0.1, 0.15) is 17.2 Å². The first-order valence-corrected chi connectivity index (χ1v) is 6.28. The summed E-state index contributed by atoms with van der Waals surface area (Å²) in [5.41, 5.74) is 0.0376. The van der Waals surface area contributed by atoms with E-state index in [0.717, 1.165) is 0 Å². The summed E-state index contributed by atoms with van der Waals surface area (Å²) in [6, 6.07) is 7.61. The van der Waals surface area contributed by atoms with Gasteiger partial charge in [-0.2, -0.15) is 0 Å². The van der Waals surface area contributed by atoms with Gasteiger partial charge in [-0.15, -0.1) is 0 Å². The van der Waals surface area contributed by atoms with Crippen LogP contribution in [-0.2, 0) is 0 Å². The third-order valence-corrected chi connectivity index (χ3v) is 2.91.